The Hall–Kier alpha value is -1.33. The smallest absolute Gasteiger partial charge is 0.164 e. The Morgan fingerprint density at radius 2 is 1.79 bits per heavy atom. The molecule has 2 rings (SSSR count). The zero-order valence-corrected chi connectivity index (χ0v) is 8.87. The van der Waals surface area contributed by atoms with Crippen LogP contribution in [0.2, 0.25) is 0 Å². The van der Waals surface area contributed by atoms with E-state index in [1.807, 2.05) is 30.3 Å². The largest absolute Gasteiger partial charge is 0.294 e. The van der Waals surface area contributed by atoms with Crippen LogP contribution in [0.3, 0.4) is 0 Å². The summed E-state index contributed by atoms with van der Waals surface area (Å²) < 4.78 is 0. The molecule has 1 unspecified atom stereocenters. The molecule has 0 aliphatic rings. The summed E-state index contributed by atoms with van der Waals surface area (Å²) in [5.74, 6) is 2.31. The molecule has 0 aliphatic carbocycles. The highest BCUT2D eigenvalue weighted by molar-refractivity contribution is 7.58. The van der Waals surface area contributed by atoms with Gasteiger partial charge in [0.25, 0.3) is 0 Å². The zero-order valence-electron chi connectivity index (χ0n) is 7.97. The van der Waals surface area contributed by atoms with E-state index in [0.29, 0.717) is 0 Å². The van der Waals surface area contributed by atoms with Gasteiger partial charge in [0.2, 0.25) is 0 Å². The van der Waals surface area contributed by atoms with E-state index in [1.165, 1.54) is 5.30 Å². The van der Waals surface area contributed by atoms with Crippen LogP contribution in [0.15, 0.2) is 48.3 Å². The van der Waals surface area contributed by atoms with Crippen molar-refractivity contribution in [3.05, 3.63) is 53.6 Å². The Morgan fingerprint density at radius 3 is 2.43 bits per heavy atom. The van der Waals surface area contributed by atoms with Crippen LogP contribution in [0.4, 0.5) is 0 Å². The molecule has 0 N–H and O–H groups in total. The van der Waals surface area contributed by atoms with Gasteiger partial charge in [0.15, 0.2) is 5.78 Å². The monoisotopic (exact) mass is 202 g/mol. The minimum absolute atomic E-state index is 0.185. The van der Waals surface area contributed by atoms with Gasteiger partial charge in [-0.05, 0) is 24.1 Å². The van der Waals surface area contributed by atoms with Crippen LogP contribution in [0.25, 0.3) is 5.30 Å². The molecule has 0 spiro atoms. The summed E-state index contributed by atoms with van der Waals surface area (Å²) in [5, 5.41) is 2.20. The van der Waals surface area contributed by atoms with E-state index < -0.39 is 7.53 Å². The summed E-state index contributed by atoms with van der Waals surface area (Å²) in [5.41, 5.74) is 0. The van der Waals surface area contributed by atoms with Crippen LogP contribution in [0.1, 0.15) is 17.0 Å². The molecule has 0 saturated carbocycles. The third-order valence-electron chi connectivity index (χ3n) is 2.14. The fourth-order valence-corrected chi connectivity index (χ4v) is 3.43. The van der Waals surface area contributed by atoms with Crippen molar-refractivity contribution in [1.82, 2.24) is 0 Å². The Kier molecular flexibility index (Phi) is 2.51. The van der Waals surface area contributed by atoms with Crippen molar-refractivity contribution >= 4 is 13.3 Å². The van der Waals surface area contributed by atoms with Crippen molar-refractivity contribution < 1.29 is 4.79 Å². The average molecular weight is 202 g/mol. The Labute approximate surface area is 84.5 Å². The van der Waals surface area contributed by atoms with Crippen molar-refractivity contribution in [2.24, 2.45) is 0 Å². The van der Waals surface area contributed by atoms with E-state index in [4.69, 9.17) is 0 Å². The second-order valence-corrected chi connectivity index (χ2v) is 5.19. The number of Topliss-reactive ketones (excluding diaryl/α,β-unsaturated/α-hetero) is 1. The number of ketones is 1. The van der Waals surface area contributed by atoms with Crippen LogP contribution in [0, 0.1) is 0 Å². The van der Waals surface area contributed by atoms with Gasteiger partial charge in [-0.1, -0.05) is 43.9 Å². The lowest BCUT2D eigenvalue weighted by atomic mass is 10.4. The maximum atomic E-state index is 11.3. The van der Waals surface area contributed by atoms with E-state index >= 15 is 0 Å². The molecule has 1 nitrogen and oxygen atoms in total. The fourth-order valence-electron chi connectivity index (χ4n) is 1.48. The Morgan fingerprint density at radius 1 is 1.07 bits per heavy atom. The van der Waals surface area contributed by atoms with Gasteiger partial charge in [-0.2, -0.15) is 0 Å². The molecule has 1 aromatic carbocycles. The minimum Gasteiger partial charge on any atom is -0.294 e. The van der Waals surface area contributed by atoms with Gasteiger partial charge in [0.1, 0.15) is 0 Å². The second-order valence-electron chi connectivity index (χ2n) is 3.16. The van der Waals surface area contributed by atoms with Crippen molar-refractivity contribution in [2.75, 3.05) is 0 Å². The maximum Gasteiger partial charge on any atom is 0.164 e. The van der Waals surface area contributed by atoms with E-state index in [2.05, 4.69) is 17.9 Å². The summed E-state index contributed by atoms with van der Waals surface area (Å²) in [6.07, 6.45) is 0. The van der Waals surface area contributed by atoms with Gasteiger partial charge in [-0.15, -0.1) is 0 Å². The standard InChI is InChI=1S/C12H11OP/c1-10(13)12-8-5-9-14(12)11-6-3-2-4-7-11/h2-9H,1H3. The lowest BCUT2D eigenvalue weighted by molar-refractivity contribution is 0.102. The predicted octanol–water partition coefficient (Wildman–Crippen LogP) is 3.87. The van der Waals surface area contributed by atoms with Crippen LogP contribution >= 0.6 is 7.53 Å². The first kappa shape index (κ1) is 9.23. The third-order valence-corrected chi connectivity index (χ3v) is 4.45. The van der Waals surface area contributed by atoms with Gasteiger partial charge in [0.05, 0.1) is 0 Å². The molecule has 0 saturated heterocycles. The molecule has 0 bridgehead atoms. The quantitative estimate of drug-likeness (QED) is 0.675. The van der Waals surface area contributed by atoms with Crippen molar-refractivity contribution in [3.63, 3.8) is 0 Å². The summed E-state index contributed by atoms with van der Waals surface area (Å²) in [6, 6.07) is 14.1. The minimum atomic E-state index is -0.512. The van der Waals surface area contributed by atoms with Crippen molar-refractivity contribution in [1.29, 1.82) is 0 Å². The third kappa shape index (κ3) is 1.64. The van der Waals surface area contributed by atoms with E-state index in [1.54, 1.807) is 6.92 Å². The SMILES string of the molecule is CC(=O)c1cccp1-c1ccccc1. The highest BCUT2D eigenvalue weighted by atomic mass is 31.1. The van der Waals surface area contributed by atoms with Crippen LogP contribution < -0.4 is 0 Å². The summed E-state index contributed by atoms with van der Waals surface area (Å²) in [7, 11) is -0.512. The molecule has 1 heterocycles. The normalized spacial score (nSPS) is 11.4. The molecular weight excluding hydrogens is 191 g/mol. The van der Waals surface area contributed by atoms with E-state index in [-0.39, 0.29) is 5.78 Å². The first-order valence-corrected chi connectivity index (χ1v) is 5.94. The second kappa shape index (κ2) is 3.81. The first-order chi connectivity index (χ1) is 6.79. The molecule has 0 aliphatic heterocycles. The molecule has 0 radical (unpaired) electrons. The highest BCUT2D eigenvalue weighted by Gasteiger charge is 2.07. The van der Waals surface area contributed by atoms with Crippen LogP contribution in [0.5, 0.6) is 0 Å². The number of rotatable bonds is 2. The van der Waals surface area contributed by atoms with Gasteiger partial charge in [0, 0.05) is 5.30 Å². The van der Waals surface area contributed by atoms with Gasteiger partial charge < -0.3 is 0 Å². The molecule has 70 valence electrons. The number of hydrogen-bond donors (Lipinski definition) is 0. The summed E-state index contributed by atoms with van der Waals surface area (Å²) in [6.45, 7) is 1.64. The van der Waals surface area contributed by atoms with Gasteiger partial charge in [-0.25, -0.2) is 0 Å². The Balaban J connectivity index is 2.52. The topological polar surface area (TPSA) is 17.1 Å². The molecule has 0 amide bonds. The molecular formula is C12H11OP. The molecule has 14 heavy (non-hydrogen) atoms. The lowest BCUT2D eigenvalue weighted by Gasteiger charge is -2.01. The number of carbonyl (C=O) groups is 1. The van der Waals surface area contributed by atoms with E-state index in [0.717, 1.165) is 5.30 Å². The zero-order chi connectivity index (χ0) is 9.97. The number of hydrogen-bond acceptors (Lipinski definition) is 1. The molecule has 0 fully saturated rings. The molecule has 2 aromatic rings. The highest BCUT2D eigenvalue weighted by Crippen LogP contribution is 2.43. The molecule has 1 atom stereocenters. The number of carbonyl (C=O) groups excluding carboxylic acids is 1. The van der Waals surface area contributed by atoms with Crippen molar-refractivity contribution in [2.45, 2.75) is 6.92 Å². The predicted molar refractivity (Wildman–Crippen MR) is 60.5 cm³/mol. The molecule has 1 aromatic heterocycles. The molecule has 2 heteroatoms. The van der Waals surface area contributed by atoms with Crippen LogP contribution in [-0.2, 0) is 0 Å². The first-order valence-electron chi connectivity index (χ1n) is 4.53. The maximum absolute atomic E-state index is 11.3. The van der Waals surface area contributed by atoms with E-state index in [9.17, 15) is 4.79 Å². The Bertz CT molecular complexity index is 442. The summed E-state index contributed by atoms with van der Waals surface area (Å²) in [4.78, 5) is 11.3. The summed E-state index contributed by atoms with van der Waals surface area (Å²) >= 11 is 0. The van der Waals surface area contributed by atoms with Crippen LogP contribution in [-0.4, -0.2) is 5.78 Å². The van der Waals surface area contributed by atoms with Crippen molar-refractivity contribution in [3.8, 4) is 5.30 Å². The fraction of sp³-hybridized carbons (Fsp3) is 0.0833. The van der Waals surface area contributed by atoms with Gasteiger partial charge >= 0.3 is 0 Å². The van der Waals surface area contributed by atoms with Gasteiger partial charge in [-0.3, -0.25) is 4.79 Å². The number of benzene rings is 1. The average Bonchev–Trinajstić information content (AvgIpc) is 2.67. The lowest BCUT2D eigenvalue weighted by Crippen LogP contribution is -1.85.